The maximum absolute atomic E-state index is 12.8. The molecular formula is C18H16F6O2. The van der Waals surface area contributed by atoms with Crippen molar-refractivity contribution in [3.05, 3.63) is 59.7 Å². The average molecular weight is 378 g/mol. The van der Waals surface area contributed by atoms with E-state index in [2.05, 4.69) is 0 Å². The molecular weight excluding hydrogens is 362 g/mol. The molecule has 0 amide bonds. The highest BCUT2D eigenvalue weighted by atomic mass is 19.4. The number of rotatable bonds is 3. The molecule has 0 aliphatic heterocycles. The number of halogens is 6. The quantitative estimate of drug-likeness (QED) is 0.747. The molecule has 2 rings (SSSR count). The molecule has 0 aliphatic carbocycles. The Hall–Kier alpha value is -2.06. The average Bonchev–Trinajstić information content (AvgIpc) is 2.53. The van der Waals surface area contributed by atoms with Crippen LogP contribution in [0.15, 0.2) is 48.5 Å². The molecule has 0 radical (unpaired) electrons. The van der Waals surface area contributed by atoms with Crippen LogP contribution in [-0.2, 0) is 11.2 Å². The Morgan fingerprint density at radius 3 is 0.962 bits per heavy atom. The highest BCUT2D eigenvalue weighted by Crippen LogP contribution is 2.40. The van der Waals surface area contributed by atoms with Gasteiger partial charge in [0.2, 0.25) is 0 Å². The second-order valence-electron chi connectivity index (χ2n) is 6.29. The van der Waals surface area contributed by atoms with Gasteiger partial charge in [-0.1, -0.05) is 48.5 Å². The van der Waals surface area contributed by atoms with E-state index in [0.717, 1.165) is 24.3 Å². The molecule has 2 N–H and O–H groups in total. The molecule has 2 aromatic carbocycles. The summed E-state index contributed by atoms with van der Waals surface area (Å²) < 4.78 is 77.0. The minimum Gasteiger partial charge on any atom is -0.376 e. The lowest BCUT2D eigenvalue weighted by molar-refractivity contribution is -0.259. The van der Waals surface area contributed by atoms with Gasteiger partial charge in [-0.15, -0.1) is 0 Å². The standard InChI is InChI=1S/C18H16F6O2/c1-15(25,17(19,20)21)13-7-3-11(4-8-13)12-5-9-14(10-6-12)16(2,26)18(22,23)24/h3-10,25-26H,1-2H3. The molecule has 0 saturated heterocycles. The molecule has 0 fully saturated rings. The van der Waals surface area contributed by atoms with E-state index in [1.54, 1.807) is 0 Å². The summed E-state index contributed by atoms with van der Waals surface area (Å²) in [6.07, 6.45) is -9.70. The molecule has 2 unspecified atom stereocenters. The fourth-order valence-electron chi connectivity index (χ4n) is 2.30. The van der Waals surface area contributed by atoms with Crippen LogP contribution in [0.2, 0.25) is 0 Å². The van der Waals surface area contributed by atoms with Crippen LogP contribution in [0.3, 0.4) is 0 Å². The van der Waals surface area contributed by atoms with Crippen molar-refractivity contribution in [3.8, 4) is 11.1 Å². The summed E-state index contributed by atoms with van der Waals surface area (Å²) in [5, 5.41) is 19.3. The lowest BCUT2D eigenvalue weighted by atomic mass is 9.91. The minimum absolute atomic E-state index is 0.356. The third-order valence-corrected chi connectivity index (χ3v) is 4.33. The SMILES string of the molecule is CC(O)(c1ccc(-c2ccc(C(C)(O)C(F)(F)F)cc2)cc1)C(F)(F)F. The first kappa shape index (κ1) is 20.3. The van der Waals surface area contributed by atoms with E-state index in [4.69, 9.17) is 0 Å². The molecule has 0 heterocycles. The fraction of sp³-hybridized carbons (Fsp3) is 0.333. The Kier molecular flexibility index (Phi) is 4.89. The Bertz CT molecular complexity index is 689. The maximum atomic E-state index is 12.8. The van der Waals surface area contributed by atoms with Gasteiger partial charge in [-0.2, -0.15) is 26.3 Å². The summed E-state index contributed by atoms with van der Waals surface area (Å²) in [6, 6.07) is 9.70. The second kappa shape index (κ2) is 6.28. The maximum Gasteiger partial charge on any atom is 0.421 e. The van der Waals surface area contributed by atoms with Crippen molar-refractivity contribution >= 4 is 0 Å². The monoisotopic (exact) mass is 378 g/mol. The Morgan fingerprint density at radius 1 is 0.538 bits per heavy atom. The summed E-state index contributed by atoms with van der Waals surface area (Å²) in [7, 11) is 0. The predicted molar refractivity (Wildman–Crippen MR) is 83.1 cm³/mol. The van der Waals surface area contributed by atoms with Crippen molar-refractivity contribution < 1.29 is 36.6 Å². The first-order chi connectivity index (χ1) is 11.7. The zero-order valence-corrected chi connectivity index (χ0v) is 13.8. The minimum atomic E-state index is -4.85. The summed E-state index contributed by atoms with van der Waals surface area (Å²) in [4.78, 5) is 0. The molecule has 26 heavy (non-hydrogen) atoms. The highest BCUT2D eigenvalue weighted by molar-refractivity contribution is 5.64. The molecule has 0 spiro atoms. The number of benzene rings is 2. The normalized spacial score (nSPS) is 17.5. The topological polar surface area (TPSA) is 40.5 Å². The third-order valence-electron chi connectivity index (χ3n) is 4.33. The van der Waals surface area contributed by atoms with E-state index in [1.165, 1.54) is 24.3 Å². The van der Waals surface area contributed by atoms with Gasteiger partial charge in [-0.3, -0.25) is 0 Å². The van der Waals surface area contributed by atoms with Gasteiger partial charge in [0.25, 0.3) is 0 Å². The van der Waals surface area contributed by atoms with Crippen molar-refractivity contribution in [2.24, 2.45) is 0 Å². The Morgan fingerprint density at radius 2 is 0.769 bits per heavy atom. The van der Waals surface area contributed by atoms with Crippen molar-refractivity contribution in [3.63, 3.8) is 0 Å². The van der Waals surface area contributed by atoms with Crippen molar-refractivity contribution in [1.82, 2.24) is 0 Å². The molecule has 2 atom stereocenters. The molecule has 0 aromatic heterocycles. The van der Waals surface area contributed by atoms with Gasteiger partial charge < -0.3 is 10.2 Å². The molecule has 8 heteroatoms. The summed E-state index contributed by atoms with van der Waals surface area (Å²) in [6.45, 7) is 1.27. The van der Waals surface area contributed by atoms with Crippen molar-refractivity contribution in [1.29, 1.82) is 0 Å². The lowest BCUT2D eigenvalue weighted by Gasteiger charge is -2.27. The van der Waals surface area contributed by atoms with Crippen LogP contribution >= 0.6 is 0 Å². The van der Waals surface area contributed by atoms with Gasteiger partial charge in [-0.05, 0) is 36.1 Å². The molecule has 0 saturated carbocycles. The highest BCUT2D eigenvalue weighted by Gasteiger charge is 2.51. The summed E-state index contributed by atoms with van der Waals surface area (Å²) >= 11 is 0. The van der Waals surface area contributed by atoms with Crippen molar-refractivity contribution in [2.75, 3.05) is 0 Å². The smallest absolute Gasteiger partial charge is 0.376 e. The summed E-state index contributed by atoms with van der Waals surface area (Å²) in [5.41, 5.74) is -5.84. The van der Waals surface area contributed by atoms with Crippen molar-refractivity contribution in [2.45, 2.75) is 37.4 Å². The number of hydrogen-bond donors (Lipinski definition) is 2. The van der Waals surface area contributed by atoms with Gasteiger partial charge in [0.05, 0.1) is 0 Å². The number of alkyl halides is 6. The van der Waals surface area contributed by atoms with Crippen LogP contribution < -0.4 is 0 Å². The second-order valence-corrected chi connectivity index (χ2v) is 6.29. The first-order valence-electron chi connectivity index (χ1n) is 7.47. The van der Waals surface area contributed by atoms with Gasteiger partial charge in [0, 0.05) is 0 Å². The van der Waals surface area contributed by atoms with E-state index in [1.807, 2.05) is 0 Å². The Balaban J connectivity index is 2.31. The zero-order valence-electron chi connectivity index (χ0n) is 13.8. The number of aliphatic hydroxyl groups is 2. The van der Waals surface area contributed by atoms with E-state index in [0.29, 0.717) is 25.0 Å². The molecule has 142 valence electrons. The molecule has 2 aromatic rings. The molecule has 0 aliphatic rings. The van der Waals surface area contributed by atoms with E-state index in [9.17, 15) is 36.6 Å². The third kappa shape index (κ3) is 3.57. The number of hydrogen-bond acceptors (Lipinski definition) is 2. The molecule has 2 nitrogen and oxygen atoms in total. The van der Waals surface area contributed by atoms with Gasteiger partial charge in [-0.25, -0.2) is 0 Å². The van der Waals surface area contributed by atoms with E-state index >= 15 is 0 Å². The van der Waals surface area contributed by atoms with Crippen LogP contribution in [0.1, 0.15) is 25.0 Å². The van der Waals surface area contributed by atoms with Crippen LogP contribution in [-0.4, -0.2) is 22.6 Å². The largest absolute Gasteiger partial charge is 0.421 e. The van der Waals surface area contributed by atoms with Crippen LogP contribution in [0.4, 0.5) is 26.3 Å². The van der Waals surface area contributed by atoms with Gasteiger partial charge >= 0.3 is 12.4 Å². The summed E-state index contributed by atoms with van der Waals surface area (Å²) in [5.74, 6) is 0. The lowest BCUT2D eigenvalue weighted by Crippen LogP contribution is -2.39. The van der Waals surface area contributed by atoms with Gasteiger partial charge in [0.1, 0.15) is 0 Å². The van der Waals surface area contributed by atoms with Crippen LogP contribution in [0.5, 0.6) is 0 Å². The van der Waals surface area contributed by atoms with Crippen LogP contribution in [0, 0.1) is 0 Å². The fourth-order valence-corrected chi connectivity index (χ4v) is 2.30. The van der Waals surface area contributed by atoms with E-state index < -0.39 is 23.6 Å². The van der Waals surface area contributed by atoms with E-state index in [-0.39, 0.29) is 11.1 Å². The Labute approximate surface area is 145 Å². The predicted octanol–water partition coefficient (Wildman–Crippen LogP) is 4.89. The first-order valence-corrected chi connectivity index (χ1v) is 7.47. The molecule has 0 bridgehead atoms. The van der Waals surface area contributed by atoms with Gasteiger partial charge in [0.15, 0.2) is 11.2 Å². The zero-order chi connectivity index (χ0) is 20.0. The van der Waals surface area contributed by atoms with Crippen LogP contribution in [0.25, 0.3) is 11.1 Å².